The van der Waals surface area contributed by atoms with Crippen LogP contribution in [0.4, 0.5) is 0 Å². The Kier molecular flexibility index (Phi) is 4.59. The molecule has 0 aliphatic heterocycles. The Labute approximate surface area is 91.8 Å². The average Bonchev–Trinajstić information content (AvgIpc) is 2.27. The van der Waals surface area contributed by atoms with Crippen molar-refractivity contribution in [2.24, 2.45) is 0 Å². The number of hydrogen-bond acceptors (Lipinski definition) is 4. The zero-order valence-corrected chi connectivity index (χ0v) is 8.33. The van der Waals surface area contributed by atoms with Crippen LogP contribution in [0.1, 0.15) is 6.42 Å². The summed E-state index contributed by atoms with van der Waals surface area (Å²) in [5.74, 6) is -1.38. The van der Waals surface area contributed by atoms with Crippen molar-refractivity contribution in [2.45, 2.75) is 6.42 Å². The van der Waals surface area contributed by atoms with Crippen molar-refractivity contribution in [3.05, 3.63) is 42.5 Å². The molecule has 84 valence electrons. The minimum atomic E-state index is -1.11. The normalized spacial score (nSPS) is 10.0. The average molecular weight is 222 g/mol. The van der Waals surface area contributed by atoms with Crippen molar-refractivity contribution in [3.63, 3.8) is 0 Å². The van der Waals surface area contributed by atoms with E-state index in [4.69, 9.17) is 9.99 Å². The molecule has 0 unspecified atom stereocenters. The van der Waals surface area contributed by atoms with E-state index >= 15 is 0 Å². The molecule has 5 heteroatoms. The van der Waals surface area contributed by atoms with Gasteiger partial charge in [-0.25, -0.2) is 9.59 Å². The van der Waals surface area contributed by atoms with Gasteiger partial charge < -0.3 is 5.11 Å². The Morgan fingerprint density at radius 3 is 2.56 bits per heavy atom. The van der Waals surface area contributed by atoms with E-state index in [1.54, 1.807) is 30.3 Å². The van der Waals surface area contributed by atoms with Crippen molar-refractivity contribution in [1.29, 1.82) is 0 Å². The van der Waals surface area contributed by atoms with Crippen molar-refractivity contribution >= 4 is 11.9 Å². The van der Waals surface area contributed by atoms with E-state index in [0.29, 0.717) is 5.75 Å². The number of hydrogen-bond donors (Lipinski definition) is 1. The first-order chi connectivity index (χ1) is 7.68. The zero-order valence-electron chi connectivity index (χ0n) is 8.33. The summed E-state index contributed by atoms with van der Waals surface area (Å²) < 4.78 is 0. The lowest BCUT2D eigenvalue weighted by Gasteiger charge is -2.01. The van der Waals surface area contributed by atoms with Crippen LogP contribution in [0.15, 0.2) is 42.5 Å². The predicted molar refractivity (Wildman–Crippen MR) is 54.6 cm³/mol. The lowest BCUT2D eigenvalue weighted by Crippen LogP contribution is -2.06. The van der Waals surface area contributed by atoms with Crippen molar-refractivity contribution in [1.82, 2.24) is 0 Å². The molecule has 0 spiro atoms. The van der Waals surface area contributed by atoms with Crippen molar-refractivity contribution < 1.29 is 24.5 Å². The highest BCUT2D eigenvalue weighted by Gasteiger charge is 2.02. The van der Waals surface area contributed by atoms with Gasteiger partial charge in [0.25, 0.3) is 0 Å². The van der Waals surface area contributed by atoms with E-state index in [1.165, 1.54) is 6.08 Å². The van der Waals surface area contributed by atoms with Crippen molar-refractivity contribution in [2.75, 3.05) is 0 Å². The first kappa shape index (κ1) is 11.8. The second-order valence-electron chi connectivity index (χ2n) is 2.80. The molecule has 1 rings (SSSR count). The first-order valence-corrected chi connectivity index (χ1v) is 4.50. The largest absolute Gasteiger partial charge is 0.478 e. The molecular formula is C11H10O5. The molecule has 0 aromatic heterocycles. The number of benzene rings is 1. The number of carbonyl (C=O) groups excluding carboxylic acids is 1. The maximum atomic E-state index is 11.0. The van der Waals surface area contributed by atoms with Gasteiger partial charge in [-0.05, 0) is 12.1 Å². The SMILES string of the molecule is O=C(O)C=CCC(=O)OOc1ccccc1. The number of carboxylic acids is 1. The summed E-state index contributed by atoms with van der Waals surface area (Å²) in [5.41, 5.74) is 0. The summed E-state index contributed by atoms with van der Waals surface area (Å²) in [4.78, 5) is 30.2. The molecule has 1 aromatic carbocycles. The molecule has 0 atom stereocenters. The van der Waals surface area contributed by atoms with Crippen LogP contribution in [0.2, 0.25) is 0 Å². The minimum absolute atomic E-state index is 0.154. The van der Waals surface area contributed by atoms with E-state index in [1.807, 2.05) is 0 Å². The molecule has 0 bridgehead atoms. The number of carbonyl (C=O) groups is 2. The lowest BCUT2D eigenvalue weighted by atomic mass is 10.3. The van der Waals surface area contributed by atoms with Gasteiger partial charge in [-0.3, -0.25) is 9.78 Å². The number of carboxylic acid groups (broad SMARTS) is 1. The Bertz CT molecular complexity index is 383. The van der Waals surface area contributed by atoms with Gasteiger partial charge in [-0.15, -0.1) is 0 Å². The fourth-order valence-electron chi connectivity index (χ4n) is 0.861. The molecule has 1 N–H and O–H groups in total. The summed E-state index contributed by atoms with van der Waals surface area (Å²) in [6.07, 6.45) is 1.89. The quantitative estimate of drug-likeness (QED) is 0.465. The van der Waals surface area contributed by atoms with Crippen molar-refractivity contribution in [3.8, 4) is 5.75 Å². The van der Waals surface area contributed by atoms with Gasteiger partial charge in [0.05, 0.1) is 6.42 Å². The van der Waals surface area contributed by atoms with Gasteiger partial charge in [0.15, 0.2) is 5.75 Å². The minimum Gasteiger partial charge on any atom is -0.478 e. The lowest BCUT2D eigenvalue weighted by molar-refractivity contribution is -0.212. The Balaban J connectivity index is 2.28. The van der Waals surface area contributed by atoms with Crippen LogP contribution < -0.4 is 4.89 Å². The molecular weight excluding hydrogens is 212 g/mol. The topological polar surface area (TPSA) is 72.8 Å². The monoisotopic (exact) mass is 222 g/mol. The van der Waals surface area contributed by atoms with E-state index < -0.39 is 11.9 Å². The van der Waals surface area contributed by atoms with Crippen LogP contribution in [0.5, 0.6) is 5.75 Å². The third-order valence-electron chi connectivity index (χ3n) is 1.52. The van der Waals surface area contributed by atoms with Crippen LogP contribution in [-0.2, 0) is 14.5 Å². The maximum Gasteiger partial charge on any atom is 0.359 e. The highest BCUT2D eigenvalue weighted by molar-refractivity contribution is 5.81. The van der Waals surface area contributed by atoms with E-state index in [2.05, 4.69) is 4.89 Å². The summed E-state index contributed by atoms with van der Waals surface area (Å²) in [7, 11) is 0. The number of para-hydroxylation sites is 1. The molecule has 0 heterocycles. The Morgan fingerprint density at radius 2 is 1.94 bits per heavy atom. The zero-order chi connectivity index (χ0) is 11.8. The van der Waals surface area contributed by atoms with Crippen LogP contribution in [-0.4, -0.2) is 17.0 Å². The summed E-state index contributed by atoms with van der Waals surface area (Å²) in [5, 5.41) is 8.26. The van der Waals surface area contributed by atoms with Gasteiger partial charge in [-0.2, -0.15) is 0 Å². The molecule has 0 radical (unpaired) electrons. The van der Waals surface area contributed by atoms with E-state index in [0.717, 1.165) is 6.08 Å². The summed E-state index contributed by atoms with van der Waals surface area (Å²) >= 11 is 0. The molecule has 0 aliphatic rings. The van der Waals surface area contributed by atoms with Gasteiger partial charge in [0, 0.05) is 6.08 Å². The van der Waals surface area contributed by atoms with Gasteiger partial charge in [0.1, 0.15) is 0 Å². The number of aliphatic carboxylic acids is 1. The molecule has 0 fully saturated rings. The fourth-order valence-corrected chi connectivity index (χ4v) is 0.861. The summed E-state index contributed by atoms with van der Waals surface area (Å²) in [6.45, 7) is 0. The Hall–Kier alpha value is -2.30. The van der Waals surface area contributed by atoms with Crippen LogP contribution in [0.3, 0.4) is 0 Å². The van der Waals surface area contributed by atoms with Gasteiger partial charge >= 0.3 is 11.9 Å². The maximum absolute atomic E-state index is 11.0. The predicted octanol–water partition coefficient (Wildman–Crippen LogP) is 1.55. The smallest absolute Gasteiger partial charge is 0.359 e. The first-order valence-electron chi connectivity index (χ1n) is 4.50. The summed E-state index contributed by atoms with van der Waals surface area (Å²) in [6, 6.07) is 8.51. The van der Waals surface area contributed by atoms with Gasteiger partial charge in [0.2, 0.25) is 0 Å². The Morgan fingerprint density at radius 1 is 1.25 bits per heavy atom. The second kappa shape index (κ2) is 6.23. The molecule has 0 amide bonds. The van der Waals surface area contributed by atoms with E-state index in [9.17, 15) is 9.59 Å². The fraction of sp³-hybridized carbons (Fsp3) is 0.0909. The molecule has 0 aliphatic carbocycles. The third kappa shape index (κ3) is 4.80. The third-order valence-corrected chi connectivity index (χ3v) is 1.52. The number of rotatable bonds is 5. The van der Waals surface area contributed by atoms with Gasteiger partial charge in [-0.1, -0.05) is 24.3 Å². The molecule has 0 saturated carbocycles. The standard InChI is InChI=1S/C11H10O5/c12-10(13)7-4-8-11(14)16-15-9-5-2-1-3-6-9/h1-7H,8H2,(H,12,13). The molecule has 1 aromatic rings. The molecule has 16 heavy (non-hydrogen) atoms. The second-order valence-corrected chi connectivity index (χ2v) is 2.80. The van der Waals surface area contributed by atoms with E-state index in [-0.39, 0.29) is 6.42 Å². The molecule has 5 nitrogen and oxygen atoms in total. The highest BCUT2D eigenvalue weighted by Crippen LogP contribution is 2.08. The van der Waals surface area contributed by atoms with Crippen LogP contribution >= 0.6 is 0 Å². The highest BCUT2D eigenvalue weighted by atomic mass is 17.2. The van der Waals surface area contributed by atoms with Crippen LogP contribution in [0, 0.1) is 0 Å². The van der Waals surface area contributed by atoms with Crippen LogP contribution in [0.25, 0.3) is 0 Å². The molecule has 0 saturated heterocycles.